The molecule has 0 aromatic heterocycles. The van der Waals surface area contributed by atoms with Gasteiger partial charge < -0.3 is 10.6 Å². The van der Waals surface area contributed by atoms with Gasteiger partial charge in [-0.05, 0) is 43.7 Å². The highest BCUT2D eigenvalue weighted by Crippen LogP contribution is 2.35. The van der Waals surface area contributed by atoms with Crippen LogP contribution in [0.2, 0.25) is 0 Å². The average Bonchev–Trinajstić information content (AvgIpc) is 2.69. The molecule has 2 N–H and O–H groups in total. The number of piperidine rings is 2. The molecule has 2 heterocycles. The van der Waals surface area contributed by atoms with E-state index >= 15 is 0 Å². The molecule has 0 aliphatic carbocycles. The summed E-state index contributed by atoms with van der Waals surface area (Å²) in [6.07, 6.45) is 5.91. The Morgan fingerprint density at radius 3 is 2.32 bits per heavy atom. The van der Waals surface area contributed by atoms with Crippen LogP contribution in [0.1, 0.15) is 48.8 Å². The molecule has 4 nitrogen and oxygen atoms in total. The number of hydrogen-bond donors (Lipinski definition) is 2. The molecule has 148 valence electrons. The molecule has 2 aromatic carbocycles. The van der Waals surface area contributed by atoms with Crippen LogP contribution in [0.5, 0.6) is 0 Å². The van der Waals surface area contributed by atoms with E-state index in [1.54, 1.807) is 0 Å². The lowest BCUT2D eigenvalue weighted by Gasteiger charge is -2.49. The minimum absolute atomic E-state index is 0.0427. The van der Waals surface area contributed by atoms with Crippen molar-refractivity contribution < 1.29 is 4.79 Å². The number of amides is 2. The predicted octanol–water partition coefficient (Wildman–Crippen LogP) is 4.38. The second-order valence-electron chi connectivity index (χ2n) is 8.38. The minimum atomic E-state index is -0.0427. The van der Waals surface area contributed by atoms with Gasteiger partial charge in [0.25, 0.3) is 0 Å². The van der Waals surface area contributed by atoms with Gasteiger partial charge in [0.2, 0.25) is 0 Å². The van der Waals surface area contributed by atoms with Gasteiger partial charge in [0, 0.05) is 31.2 Å². The number of urea groups is 1. The zero-order chi connectivity index (χ0) is 19.3. The minimum Gasteiger partial charge on any atom is -0.335 e. The van der Waals surface area contributed by atoms with Gasteiger partial charge >= 0.3 is 6.03 Å². The highest BCUT2D eigenvalue weighted by atomic mass is 16.2. The van der Waals surface area contributed by atoms with Gasteiger partial charge in [-0.3, -0.25) is 4.90 Å². The van der Waals surface area contributed by atoms with E-state index in [1.807, 2.05) is 30.3 Å². The zero-order valence-corrected chi connectivity index (χ0v) is 16.7. The molecule has 2 aliphatic heterocycles. The van der Waals surface area contributed by atoms with Crippen LogP contribution >= 0.6 is 0 Å². The second-order valence-corrected chi connectivity index (χ2v) is 8.38. The Hall–Kier alpha value is -2.33. The van der Waals surface area contributed by atoms with Crippen LogP contribution in [0.3, 0.4) is 0 Å². The van der Waals surface area contributed by atoms with Crippen molar-refractivity contribution in [1.29, 1.82) is 0 Å². The van der Waals surface area contributed by atoms with E-state index in [9.17, 15) is 4.79 Å². The number of carbonyl (C=O) groups excluding carboxylic acids is 1. The third kappa shape index (κ3) is 4.74. The maximum Gasteiger partial charge on any atom is 0.315 e. The summed E-state index contributed by atoms with van der Waals surface area (Å²) in [5.41, 5.74) is 3.84. The summed E-state index contributed by atoms with van der Waals surface area (Å²) < 4.78 is 0. The maximum absolute atomic E-state index is 12.4. The first-order chi connectivity index (χ1) is 13.7. The van der Waals surface area contributed by atoms with Crippen molar-refractivity contribution >= 4 is 6.03 Å². The van der Waals surface area contributed by atoms with Gasteiger partial charge in [-0.2, -0.15) is 0 Å². The summed E-state index contributed by atoms with van der Waals surface area (Å²) in [5, 5.41) is 6.24. The predicted molar refractivity (Wildman–Crippen MR) is 113 cm³/mol. The number of fused-ring (bicyclic) bond motifs is 2. The highest BCUT2D eigenvalue weighted by Gasteiger charge is 2.38. The van der Waals surface area contributed by atoms with Gasteiger partial charge in [-0.15, -0.1) is 0 Å². The lowest BCUT2D eigenvalue weighted by molar-refractivity contribution is 0.0197. The smallest absolute Gasteiger partial charge is 0.315 e. The van der Waals surface area contributed by atoms with E-state index in [-0.39, 0.29) is 12.1 Å². The first-order valence-corrected chi connectivity index (χ1v) is 10.6. The van der Waals surface area contributed by atoms with Crippen LogP contribution in [0.15, 0.2) is 54.6 Å². The summed E-state index contributed by atoms with van der Waals surface area (Å²) in [4.78, 5) is 15.1. The Bertz CT molecular complexity index is 760. The molecule has 2 amide bonds. The molecular formula is C24H31N3O. The fourth-order valence-electron chi connectivity index (χ4n) is 4.77. The zero-order valence-electron chi connectivity index (χ0n) is 16.7. The first-order valence-electron chi connectivity index (χ1n) is 10.6. The lowest BCUT2D eigenvalue weighted by atomic mass is 9.81. The molecule has 0 radical (unpaired) electrons. The van der Waals surface area contributed by atoms with E-state index in [0.717, 1.165) is 24.9 Å². The second kappa shape index (κ2) is 8.78. The first kappa shape index (κ1) is 19.0. The van der Waals surface area contributed by atoms with E-state index in [2.05, 4.69) is 46.7 Å². The molecule has 0 saturated carbocycles. The van der Waals surface area contributed by atoms with E-state index in [1.165, 1.54) is 30.4 Å². The summed E-state index contributed by atoms with van der Waals surface area (Å²) >= 11 is 0. The third-order valence-electron chi connectivity index (χ3n) is 6.24. The molecule has 2 fully saturated rings. The fraction of sp³-hybridized carbons (Fsp3) is 0.458. The molecule has 4 rings (SSSR count). The van der Waals surface area contributed by atoms with Crippen LogP contribution in [-0.2, 0) is 13.1 Å². The molecule has 2 aliphatic rings. The number of benzene rings is 2. The van der Waals surface area contributed by atoms with Crippen LogP contribution in [0, 0.1) is 6.92 Å². The van der Waals surface area contributed by atoms with Crippen molar-refractivity contribution in [2.24, 2.45) is 0 Å². The monoisotopic (exact) mass is 377 g/mol. The lowest BCUT2D eigenvalue weighted by Crippen LogP contribution is -2.57. The van der Waals surface area contributed by atoms with Crippen molar-refractivity contribution in [2.75, 3.05) is 0 Å². The molecule has 2 aromatic rings. The molecule has 28 heavy (non-hydrogen) atoms. The number of rotatable bonds is 5. The summed E-state index contributed by atoms with van der Waals surface area (Å²) in [7, 11) is 0. The average molecular weight is 378 g/mol. The summed E-state index contributed by atoms with van der Waals surface area (Å²) in [6.45, 7) is 3.74. The molecular weight excluding hydrogens is 346 g/mol. The van der Waals surface area contributed by atoms with Gasteiger partial charge in [-0.1, -0.05) is 66.6 Å². The van der Waals surface area contributed by atoms with Crippen molar-refractivity contribution in [2.45, 2.75) is 70.2 Å². The molecule has 4 heteroatoms. The highest BCUT2D eigenvalue weighted by molar-refractivity contribution is 5.74. The molecule has 0 spiro atoms. The van der Waals surface area contributed by atoms with Crippen molar-refractivity contribution in [1.82, 2.24) is 15.5 Å². The van der Waals surface area contributed by atoms with Crippen LogP contribution in [-0.4, -0.2) is 29.1 Å². The van der Waals surface area contributed by atoms with E-state index in [4.69, 9.17) is 0 Å². The molecule has 2 saturated heterocycles. The number of nitrogens with one attached hydrogen (secondary N) is 2. The Kier molecular flexibility index (Phi) is 5.96. The molecule has 3 atom stereocenters. The van der Waals surface area contributed by atoms with Crippen molar-refractivity contribution in [3.05, 3.63) is 71.3 Å². The van der Waals surface area contributed by atoms with Crippen LogP contribution in [0.25, 0.3) is 0 Å². The Morgan fingerprint density at radius 1 is 0.964 bits per heavy atom. The van der Waals surface area contributed by atoms with Crippen molar-refractivity contribution in [3.63, 3.8) is 0 Å². The number of nitrogens with zero attached hydrogens (tertiary/aromatic N) is 1. The van der Waals surface area contributed by atoms with Gasteiger partial charge in [0.05, 0.1) is 0 Å². The third-order valence-corrected chi connectivity index (χ3v) is 6.24. The largest absolute Gasteiger partial charge is 0.335 e. The topological polar surface area (TPSA) is 44.4 Å². The van der Waals surface area contributed by atoms with E-state index in [0.29, 0.717) is 18.6 Å². The molecule has 1 unspecified atom stereocenters. The quantitative estimate of drug-likeness (QED) is 0.812. The van der Waals surface area contributed by atoms with Crippen LogP contribution in [0.4, 0.5) is 4.79 Å². The normalized spacial score (nSPS) is 24.5. The van der Waals surface area contributed by atoms with Crippen molar-refractivity contribution in [3.8, 4) is 0 Å². The standard InChI is InChI=1S/C24H31N3O/c1-18-10-12-20(13-11-18)17-27-22-8-5-9-23(27)15-21(14-22)26-24(28)25-16-19-6-3-2-4-7-19/h2-4,6-7,10-13,21-23H,5,8-9,14-17H2,1H3,(H2,25,26,28)/t21?,22-,23+. The Labute approximate surface area is 168 Å². The SMILES string of the molecule is Cc1ccc(CN2[C@@H]3CCC[C@H]2CC(NC(=O)NCc2ccccc2)C3)cc1. The van der Waals surface area contributed by atoms with Gasteiger partial charge in [-0.25, -0.2) is 4.79 Å². The number of carbonyl (C=O) groups is 1. The van der Waals surface area contributed by atoms with Gasteiger partial charge in [0.1, 0.15) is 0 Å². The Balaban J connectivity index is 1.31. The number of hydrogen-bond acceptors (Lipinski definition) is 2. The maximum atomic E-state index is 12.4. The molecule has 2 bridgehead atoms. The summed E-state index contributed by atoms with van der Waals surface area (Å²) in [5.74, 6) is 0. The Morgan fingerprint density at radius 2 is 1.64 bits per heavy atom. The summed E-state index contributed by atoms with van der Waals surface area (Å²) in [6, 6.07) is 20.4. The van der Waals surface area contributed by atoms with Gasteiger partial charge in [0.15, 0.2) is 0 Å². The van der Waals surface area contributed by atoms with Crippen LogP contribution < -0.4 is 10.6 Å². The fourth-order valence-corrected chi connectivity index (χ4v) is 4.77. The van der Waals surface area contributed by atoms with E-state index < -0.39 is 0 Å². The number of aryl methyl sites for hydroxylation is 1.